The number of carbonyl (C=O) groups excluding carboxylic acids is 1. The SMILES string of the molecule is CC1(C)COC2(C[C@H]3CC(=O)[C@@H](C#N)[C@H]3C2)OC1. The van der Waals surface area contributed by atoms with Crippen molar-refractivity contribution in [2.24, 2.45) is 23.2 Å². The van der Waals surface area contributed by atoms with Crippen molar-refractivity contribution in [3.63, 3.8) is 0 Å². The summed E-state index contributed by atoms with van der Waals surface area (Å²) in [5, 5.41) is 9.10. The van der Waals surface area contributed by atoms with Crippen LogP contribution >= 0.6 is 0 Å². The van der Waals surface area contributed by atoms with Gasteiger partial charge in [-0.1, -0.05) is 13.8 Å². The zero-order chi connectivity index (χ0) is 13.0. The molecule has 3 atom stereocenters. The summed E-state index contributed by atoms with van der Waals surface area (Å²) in [4.78, 5) is 11.7. The Hall–Kier alpha value is -0.920. The molecule has 0 aromatic carbocycles. The number of rotatable bonds is 0. The second-order valence-electron chi connectivity index (χ2n) is 6.76. The molecule has 3 rings (SSSR count). The zero-order valence-corrected chi connectivity index (χ0v) is 10.9. The molecule has 0 N–H and O–H groups in total. The average Bonchev–Trinajstić information content (AvgIpc) is 2.77. The van der Waals surface area contributed by atoms with Crippen molar-refractivity contribution < 1.29 is 14.3 Å². The first kappa shape index (κ1) is 12.1. The lowest BCUT2D eigenvalue weighted by Crippen LogP contribution is -2.46. The Kier molecular flexibility index (Phi) is 2.55. The van der Waals surface area contributed by atoms with E-state index in [9.17, 15) is 4.79 Å². The summed E-state index contributed by atoms with van der Waals surface area (Å²) >= 11 is 0. The van der Waals surface area contributed by atoms with E-state index in [2.05, 4.69) is 19.9 Å². The van der Waals surface area contributed by atoms with Crippen molar-refractivity contribution in [2.75, 3.05) is 13.2 Å². The number of ketones is 1. The van der Waals surface area contributed by atoms with Gasteiger partial charge in [-0.3, -0.25) is 4.79 Å². The first-order chi connectivity index (χ1) is 8.45. The number of nitrogens with zero attached hydrogens (tertiary/aromatic N) is 1. The van der Waals surface area contributed by atoms with E-state index >= 15 is 0 Å². The molecule has 3 aliphatic rings. The number of hydrogen-bond donors (Lipinski definition) is 0. The van der Waals surface area contributed by atoms with Gasteiger partial charge in [0.25, 0.3) is 0 Å². The van der Waals surface area contributed by atoms with Crippen LogP contribution < -0.4 is 0 Å². The fraction of sp³-hybridized carbons (Fsp3) is 0.857. The quantitative estimate of drug-likeness (QED) is 0.658. The van der Waals surface area contributed by atoms with Crippen LogP contribution in [0.15, 0.2) is 0 Å². The molecule has 1 aliphatic heterocycles. The van der Waals surface area contributed by atoms with Gasteiger partial charge < -0.3 is 9.47 Å². The maximum absolute atomic E-state index is 11.7. The molecule has 0 unspecified atom stereocenters. The third kappa shape index (κ3) is 1.77. The number of nitriles is 1. The highest BCUT2D eigenvalue weighted by atomic mass is 16.7. The lowest BCUT2D eigenvalue weighted by Gasteiger charge is -2.42. The molecule has 2 aliphatic carbocycles. The van der Waals surface area contributed by atoms with Crippen molar-refractivity contribution in [3.05, 3.63) is 0 Å². The van der Waals surface area contributed by atoms with Crippen molar-refractivity contribution in [3.8, 4) is 6.07 Å². The van der Waals surface area contributed by atoms with Crippen LogP contribution in [-0.2, 0) is 14.3 Å². The second-order valence-corrected chi connectivity index (χ2v) is 6.76. The highest BCUT2D eigenvalue weighted by Crippen LogP contribution is 2.53. The van der Waals surface area contributed by atoms with Gasteiger partial charge in [0.05, 0.1) is 19.3 Å². The van der Waals surface area contributed by atoms with Crippen LogP contribution in [0.25, 0.3) is 0 Å². The Morgan fingerprint density at radius 3 is 2.56 bits per heavy atom. The van der Waals surface area contributed by atoms with Crippen molar-refractivity contribution in [1.29, 1.82) is 5.26 Å². The van der Waals surface area contributed by atoms with E-state index < -0.39 is 11.7 Å². The summed E-state index contributed by atoms with van der Waals surface area (Å²) in [6.45, 7) is 5.63. The van der Waals surface area contributed by atoms with Crippen molar-refractivity contribution in [1.82, 2.24) is 0 Å². The molecule has 98 valence electrons. The minimum atomic E-state index is -0.513. The van der Waals surface area contributed by atoms with Crippen LogP contribution in [0, 0.1) is 34.5 Å². The minimum absolute atomic E-state index is 0.0629. The normalized spacial score (nSPS) is 40.7. The summed E-state index contributed by atoms with van der Waals surface area (Å²) in [6.07, 6.45) is 2.01. The summed E-state index contributed by atoms with van der Waals surface area (Å²) in [5.41, 5.74) is 0.0629. The van der Waals surface area contributed by atoms with E-state index in [0.717, 1.165) is 6.42 Å². The molecule has 0 amide bonds. The Morgan fingerprint density at radius 2 is 1.94 bits per heavy atom. The van der Waals surface area contributed by atoms with Crippen LogP contribution in [-0.4, -0.2) is 24.8 Å². The number of fused-ring (bicyclic) bond motifs is 1. The highest BCUT2D eigenvalue weighted by Gasteiger charge is 2.57. The van der Waals surface area contributed by atoms with Gasteiger partial charge in [-0.05, 0) is 11.8 Å². The molecule has 1 saturated heterocycles. The first-order valence-electron chi connectivity index (χ1n) is 6.65. The standard InChI is InChI=1S/C14H19NO3/c1-13(2)7-17-14(18-8-13)4-9-3-12(16)11(6-15)10(9)5-14/h9-11H,3-5,7-8H2,1-2H3/t9-,10+,11+/m1/s1. The van der Waals surface area contributed by atoms with Gasteiger partial charge >= 0.3 is 0 Å². The fourth-order valence-electron chi connectivity index (χ4n) is 3.54. The van der Waals surface area contributed by atoms with Gasteiger partial charge in [0.2, 0.25) is 0 Å². The Bertz CT molecular complexity index is 413. The molecule has 1 spiro atoms. The average molecular weight is 249 g/mol. The maximum Gasteiger partial charge on any atom is 0.168 e. The first-order valence-corrected chi connectivity index (χ1v) is 6.65. The highest BCUT2D eigenvalue weighted by molar-refractivity contribution is 5.86. The second kappa shape index (κ2) is 3.79. The molecular formula is C14H19NO3. The lowest BCUT2D eigenvalue weighted by molar-refractivity contribution is -0.297. The Balaban J connectivity index is 1.74. The lowest BCUT2D eigenvalue weighted by atomic mass is 9.92. The van der Waals surface area contributed by atoms with Crippen LogP contribution in [0.1, 0.15) is 33.1 Å². The van der Waals surface area contributed by atoms with Crippen LogP contribution in [0.3, 0.4) is 0 Å². The molecule has 2 saturated carbocycles. The molecule has 0 aromatic heterocycles. The molecule has 0 aromatic rings. The van der Waals surface area contributed by atoms with Crippen LogP contribution in [0.4, 0.5) is 0 Å². The van der Waals surface area contributed by atoms with Crippen LogP contribution in [0.2, 0.25) is 0 Å². The van der Waals surface area contributed by atoms with Gasteiger partial charge in [0, 0.05) is 24.7 Å². The van der Waals surface area contributed by atoms with E-state index in [4.69, 9.17) is 14.7 Å². The van der Waals surface area contributed by atoms with Crippen molar-refractivity contribution >= 4 is 5.78 Å². The zero-order valence-electron chi connectivity index (χ0n) is 10.9. The molecular weight excluding hydrogens is 230 g/mol. The van der Waals surface area contributed by atoms with Gasteiger partial charge in [0.1, 0.15) is 5.92 Å². The van der Waals surface area contributed by atoms with Gasteiger partial charge in [-0.25, -0.2) is 0 Å². The predicted octanol–water partition coefficient (Wildman–Crippen LogP) is 1.89. The summed E-state index contributed by atoms with van der Waals surface area (Å²) in [5.74, 6) is -0.414. The molecule has 0 radical (unpaired) electrons. The van der Waals surface area contributed by atoms with Crippen molar-refractivity contribution in [2.45, 2.75) is 38.9 Å². The largest absolute Gasteiger partial charge is 0.349 e. The number of ether oxygens (including phenoxy) is 2. The molecule has 4 nitrogen and oxygen atoms in total. The van der Waals surface area contributed by atoms with Crippen LogP contribution in [0.5, 0.6) is 0 Å². The third-order valence-electron chi connectivity index (χ3n) is 4.55. The van der Waals surface area contributed by atoms with E-state index in [1.165, 1.54) is 0 Å². The maximum atomic E-state index is 11.7. The molecule has 4 heteroatoms. The van der Waals surface area contributed by atoms with E-state index in [-0.39, 0.29) is 23.0 Å². The number of Topliss-reactive ketones (excluding diaryl/α,β-unsaturated/α-hetero) is 1. The predicted molar refractivity (Wildman–Crippen MR) is 63.4 cm³/mol. The molecule has 0 bridgehead atoms. The summed E-state index contributed by atoms with van der Waals surface area (Å²) < 4.78 is 11.9. The Morgan fingerprint density at radius 1 is 1.28 bits per heavy atom. The molecule has 1 heterocycles. The Labute approximate surface area is 107 Å². The van der Waals surface area contributed by atoms with E-state index in [0.29, 0.717) is 26.1 Å². The number of carbonyl (C=O) groups is 1. The van der Waals surface area contributed by atoms with E-state index in [1.807, 2.05) is 0 Å². The smallest absolute Gasteiger partial charge is 0.168 e. The molecule has 18 heavy (non-hydrogen) atoms. The topological polar surface area (TPSA) is 59.3 Å². The number of hydrogen-bond acceptors (Lipinski definition) is 4. The van der Waals surface area contributed by atoms with Gasteiger partial charge in [-0.15, -0.1) is 0 Å². The molecule has 3 fully saturated rings. The minimum Gasteiger partial charge on any atom is -0.349 e. The monoisotopic (exact) mass is 249 g/mol. The fourth-order valence-corrected chi connectivity index (χ4v) is 3.54. The third-order valence-corrected chi connectivity index (χ3v) is 4.55. The van der Waals surface area contributed by atoms with E-state index in [1.54, 1.807) is 0 Å². The summed E-state index contributed by atoms with van der Waals surface area (Å²) in [6, 6.07) is 2.16. The van der Waals surface area contributed by atoms with Gasteiger partial charge in [-0.2, -0.15) is 5.26 Å². The summed E-state index contributed by atoms with van der Waals surface area (Å²) in [7, 11) is 0. The van der Waals surface area contributed by atoms with Gasteiger partial charge in [0.15, 0.2) is 11.6 Å².